The molecule has 1 N–H and O–H groups in total. The van der Waals surface area contributed by atoms with Crippen LogP contribution in [0.2, 0.25) is 5.02 Å². The molecule has 0 unspecified atom stereocenters. The number of nitrogens with one attached hydrogen (secondary N) is 1. The summed E-state index contributed by atoms with van der Waals surface area (Å²) in [7, 11) is 1.61. The van der Waals surface area contributed by atoms with Crippen LogP contribution in [0.4, 0.5) is 10.5 Å². The lowest BCUT2D eigenvalue weighted by atomic mass is 10.1. The quantitative estimate of drug-likeness (QED) is 0.305. The first kappa shape index (κ1) is 26.4. The zero-order valence-electron chi connectivity index (χ0n) is 21.3. The Balaban J connectivity index is 1.58. The summed E-state index contributed by atoms with van der Waals surface area (Å²) in [6, 6.07) is 20.1. The number of fused-ring (bicyclic) bond motifs is 1. The van der Waals surface area contributed by atoms with Crippen molar-refractivity contribution in [3.63, 3.8) is 0 Å². The van der Waals surface area contributed by atoms with Crippen LogP contribution in [0.1, 0.15) is 23.4 Å². The number of carbonyl (C=O) groups excluding carboxylic acids is 1. The lowest BCUT2D eigenvalue weighted by Gasteiger charge is -2.23. The minimum absolute atomic E-state index is 0.0967. The molecule has 0 aliphatic rings. The van der Waals surface area contributed by atoms with Crippen molar-refractivity contribution >= 4 is 34.2 Å². The Kier molecular flexibility index (Phi) is 8.58. The molecule has 0 atom stereocenters. The molecule has 0 aliphatic carbocycles. The summed E-state index contributed by atoms with van der Waals surface area (Å²) in [5, 5.41) is 4.09. The van der Waals surface area contributed by atoms with Crippen molar-refractivity contribution in [2.45, 2.75) is 26.7 Å². The Bertz CT molecular complexity index is 1450. The fraction of sp³-hybridized carbons (Fsp3) is 0.276. The third-order valence-electron chi connectivity index (χ3n) is 6.37. The largest absolute Gasteiger partial charge is 0.383 e. The molecular formula is C29H31ClN4O3. The number of carbonyl (C=O) groups is 1. The van der Waals surface area contributed by atoms with Crippen LogP contribution >= 0.6 is 11.6 Å². The third kappa shape index (κ3) is 6.37. The van der Waals surface area contributed by atoms with Gasteiger partial charge in [0.2, 0.25) is 0 Å². The predicted octanol–water partition coefficient (Wildman–Crippen LogP) is 5.77. The Morgan fingerprint density at radius 1 is 1.03 bits per heavy atom. The van der Waals surface area contributed by atoms with Crippen molar-refractivity contribution < 1.29 is 9.53 Å². The first-order chi connectivity index (χ1) is 17.9. The van der Waals surface area contributed by atoms with Crippen molar-refractivity contribution in [2.75, 3.05) is 32.1 Å². The molecule has 7 nitrogen and oxygen atoms in total. The van der Waals surface area contributed by atoms with Crippen LogP contribution in [-0.2, 0) is 11.2 Å². The Morgan fingerprint density at radius 3 is 2.51 bits per heavy atom. The van der Waals surface area contributed by atoms with Crippen LogP contribution in [0.3, 0.4) is 0 Å². The van der Waals surface area contributed by atoms with Crippen molar-refractivity contribution in [2.24, 2.45) is 0 Å². The molecule has 37 heavy (non-hydrogen) atoms. The average Bonchev–Trinajstić information content (AvgIpc) is 2.89. The molecule has 0 aliphatic heterocycles. The predicted molar refractivity (Wildman–Crippen MR) is 149 cm³/mol. The number of rotatable bonds is 9. The van der Waals surface area contributed by atoms with E-state index in [-0.39, 0.29) is 11.6 Å². The number of methoxy groups -OCH3 is 1. The van der Waals surface area contributed by atoms with E-state index in [9.17, 15) is 9.59 Å². The van der Waals surface area contributed by atoms with Crippen LogP contribution in [0.15, 0.2) is 71.5 Å². The number of aromatic nitrogens is 2. The molecule has 1 aromatic heterocycles. The number of hydrogen-bond donors (Lipinski definition) is 1. The minimum Gasteiger partial charge on any atom is -0.383 e. The van der Waals surface area contributed by atoms with Crippen molar-refractivity contribution in [1.29, 1.82) is 0 Å². The topological polar surface area (TPSA) is 76.5 Å². The number of anilines is 1. The van der Waals surface area contributed by atoms with Crippen LogP contribution in [0, 0.1) is 13.8 Å². The molecule has 8 heteroatoms. The van der Waals surface area contributed by atoms with Gasteiger partial charge < -0.3 is 15.0 Å². The number of ether oxygens (including phenoxy) is 1. The highest BCUT2D eigenvalue weighted by Crippen LogP contribution is 2.18. The number of para-hydroxylation sites is 1. The van der Waals surface area contributed by atoms with Gasteiger partial charge >= 0.3 is 6.03 Å². The summed E-state index contributed by atoms with van der Waals surface area (Å²) >= 11 is 5.96. The summed E-state index contributed by atoms with van der Waals surface area (Å²) in [5.74, 6) is 0.664. The zero-order chi connectivity index (χ0) is 26.4. The summed E-state index contributed by atoms with van der Waals surface area (Å²) in [6.45, 7) is 5.40. The third-order valence-corrected chi connectivity index (χ3v) is 6.62. The fourth-order valence-electron chi connectivity index (χ4n) is 4.16. The maximum absolute atomic E-state index is 13.5. The Hall–Kier alpha value is -3.68. The first-order valence-electron chi connectivity index (χ1n) is 12.3. The van der Waals surface area contributed by atoms with Gasteiger partial charge in [-0.05, 0) is 79.9 Å². The smallest absolute Gasteiger partial charge is 0.321 e. The van der Waals surface area contributed by atoms with Crippen molar-refractivity contribution in [3.8, 4) is 5.69 Å². The highest BCUT2D eigenvalue weighted by molar-refractivity contribution is 6.30. The molecule has 0 bridgehead atoms. The molecular weight excluding hydrogens is 488 g/mol. The summed E-state index contributed by atoms with van der Waals surface area (Å²) in [6.07, 6.45) is 1.14. The van der Waals surface area contributed by atoms with Crippen molar-refractivity contribution in [3.05, 3.63) is 99.1 Å². The van der Waals surface area contributed by atoms with E-state index >= 15 is 0 Å². The van der Waals surface area contributed by atoms with E-state index in [1.807, 2.05) is 50.2 Å². The van der Waals surface area contributed by atoms with E-state index in [0.717, 1.165) is 16.8 Å². The second-order valence-electron chi connectivity index (χ2n) is 8.97. The van der Waals surface area contributed by atoms with Crippen LogP contribution in [0.5, 0.6) is 0 Å². The van der Waals surface area contributed by atoms with Gasteiger partial charge in [-0.15, -0.1) is 0 Å². The molecule has 0 fully saturated rings. The van der Waals surface area contributed by atoms with Gasteiger partial charge in [0.05, 0.1) is 23.2 Å². The monoisotopic (exact) mass is 518 g/mol. The number of urea groups is 1. The second-order valence-corrected chi connectivity index (χ2v) is 9.41. The molecule has 0 spiro atoms. The van der Waals surface area contributed by atoms with Gasteiger partial charge in [0, 0.05) is 37.3 Å². The highest BCUT2D eigenvalue weighted by Gasteiger charge is 2.16. The first-order valence-corrected chi connectivity index (χ1v) is 12.6. The number of amides is 2. The zero-order valence-corrected chi connectivity index (χ0v) is 22.1. The van der Waals surface area contributed by atoms with Gasteiger partial charge in [0.1, 0.15) is 5.82 Å². The number of hydrogen-bond acceptors (Lipinski definition) is 4. The molecule has 3 aromatic carbocycles. The van der Waals surface area contributed by atoms with Gasteiger partial charge in [-0.3, -0.25) is 9.36 Å². The van der Waals surface area contributed by atoms with Crippen molar-refractivity contribution in [1.82, 2.24) is 14.5 Å². The maximum atomic E-state index is 13.5. The fourth-order valence-corrected chi connectivity index (χ4v) is 4.28. The minimum atomic E-state index is -0.225. The Labute approximate surface area is 221 Å². The average molecular weight is 519 g/mol. The van der Waals surface area contributed by atoms with E-state index in [2.05, 4.69) is 5.32 Å². The van der Waals surface area contributed by atoms with E-state index in [1.165, 1.54) is 0 Å². The SMILES string of the molecule is COCCN(CCCc1nc2ccccc2c(=O)n1-c1ccc(C)c(C)c1)C(=O)Nc1ccc(Cl)cc1. The van der Waals surface area contributed by atoms with Crippen LogP contribution in [-0.4, -0.2) is 47.3 Å². The molecule has 2 amide bonds. The molecule has 1 heterocycles. The number of nitrogens with zero attached hydrogens (tertiary/aromatic N) is 3. The van der Waals surface area contributed by atoms with E-state index in [1.54, 1.807) is 46.9 Å². The molecule has 4 rings (SSSR count). The molecule has 0 saturated carbocycles. The van der Waals surface area contributed by atoms with Gasteiger partial charge in [0.25, 0.3) is 5.56 Å². The molecule has 4 aromatic rings. The maximum Gasteiger partial charge on any atom is 0.321 e. The highest BCUT2D eigenvalue weighted by atomic mass is 35.5. The van der Waals surface area contributed by atoms with E-state index in [0.29, 0.717) is 60.0 Å². The summed E-state index contributed by atoms with van der Waals surface area (Å²) in [4.78, 5) is 33.1. The number of aryl methyl sites for hydroxylation is 3. The molecule has 192 valence electrons. The molecule has 0 radical (unpaired) electrons. The summed E-state index contributed by atoms with van der Waals surface area (Å²) < 4.78 is 6.91. The lowest BCUT2D eigenvalue weighted by molar-refractivity contribution is 0.154. The standard InChI is InChI=1S/C29H31ClN4O3/c1-20-10-15-24(19-21(20)2)34-27(32-26-8-5-4-7-25(26)28(34)35)9-6-16-33(17-18-37-3)29(36)31-23-13-11-22(30)12-14-23/h4-5,7-8,10-15,19H,6,9,16-18H2,1-3H3,(H,31,36). The Morgan fingerprint density at radius 2 is 1.78 bits per heavy atom. The van der Waals surface area contributed by atoms with Gasteiger partial charge in [0.15, 0.2) is 0 Å². The normalized spacial score (nSPS) is 11.0. The van der Waals surface area contributed by atoms with Gasteiger partial charge in [-0.2, -0.15) is 0 Å². The number of benzene rings is 3. The van der Waals surface area contributed by atoms with Crippen LogP contribution in [0.25, 0.3) is 16.6 Å². The van der Waals surface area contributed by atoms with E-state index < -0.39 is 0 Å². The molecule has 0 saturated heterocycles. The lowest BCUT2D eigenvalue weighted by Crippen LogP contribution is -2.38. The van der Waals surface area contributed by atoms with Gasteiger partial charge in [-0.1, -0.05) is 29.8 Å². The number of halogens is 1. The van der Waals surface area contributed by atoms with Crippen LogP contribution < -0.4 is 10.9 Å². The summed E-state index contributed by atoms with van der Waals surface area (Å²) in [5.41, 5.74) is 4.29. The van der Waals surface area contributed by atoms with Gasteiger partial charge in [-0.25, -0.2) is 9.78 Å². The second kappa shape index (κ2) is 12.0. The van der Waals surface area contributed by atoms with E-state index in [4.69, 9.17) is 21.3 Å².